The Morgan fingerprint density at radius 2 is 1.31 bits per heavy atom. The van der Waals surface area contributed by atoms with Crippen LogP contribution in [0, 0.1) is 24.0 Å². The molecule has 0 fully saturated rings. The summed E-state index contributed by atoms with van der Waals surface area (Å²) in [4.78, 5) is 27.3. The van der Waals surface area contributed by atoms with Crippen LogP contribution in [0.15, 0.2) is 71.2 Å². The second-order valence-corrected chi connectivity index (χ2v) is 9.02. The number of nitrogens with two attached hydrogens (primary N) is 1. The summed E-state index contributed by atoms with van der Waals surface area (Å²) in [5, 5.41) is 18.5. The van der Waals surface area contributed by atoms with E-state index in [9.17, 15) is 10.1 Å². The second-order valence-electron chi connectivity index (χ2n) is 7.48. The Bertz CT molecular complexity index is 1350. The van der Waals surface area contributed by atoms with E-state index in [0.29, 0.717) is 22.3 Å². The molecule has 2 aromatic carbocycles. The van der Waals surface area contributed by atoms with E-state index in [0.717, 1.165) is 27.8 Å². The third-order valence-corrected chi connectivity index (χ3v) is 5.84. The maximum absolute atomic E-state index is 11.0. The first-order valence-corrected chi connectivity index (χ1v) is 13.1. The Labute approximate surface area is 217 Å². The van der Waals surface area contributed by atoms with Gasteiger partial charge in [-0.1, -0.05) is 35.7 Å². The van der Waals surface area contributed by atoms with Crippen LogP contribution in [0.3, 0.4) is 0 Å². The number of nitrogen functional groups attached to an aromatic ring is 1. The summed E-state index contributed by atoms with van der Waals surface area (Å²) in [5.74, 6) is 1.29. The summed E-state index contributed by atoms with van der Waals surface area (Å²) in [7, 11) is 0. The average molecular weight is 523 g/mol. The van der Waals surface area contributed by atoms with Crippen molar-refractivity contribution in [3.8, 4) is 0 Å². The topological polar surface area (TPSA) is 145 Å². The van der Waals surface area contributed by atoms with Crippen molar-refractivity contribution in [3.63, 3.8) is 0 Å². The van der Waals surface area contributed by atoms with Crippen molar-refractivity contribution in [2.24, 2.45) is 0 Å². The molecule has 2 heterocycles. The molecule has 36 heavy (non-hydrogen) atoms. The lowest BCUT2D eigenvalue weighted by molar-refractivity contribution is -0.383. The lowest BCUT2D eigenvalue weighted by Gasteiger charge is -2.09. The first-order chi connectivity index (χ1) is 17.3. The van der Waals surface area contributed by atoms with Gasteiger partial charge in [-0.25, -0.2) is 19.9 Å². The van der Waals surface area contributed by atoms with Crippen LogP contribution in [-0.2, 0) is 0 Å². The van der Waals surface area contributed by atoms with E-state index in [1.165, 1.54) is 29.6 Å². The molecule has 4 N–H and O–H groups in total. The largest absolute Gasteiger partial charge is 0.397 e. The highest BCUT2D eigenvalue weighted by molar-refractivity contribution is 7.98. The maximum Gasteiger partial charge on any atom is 0.292 e. The molecule has 0 saturated carbocycles. The van der Waals surface area contributed by atoms with Gasteiger partial charge in [0.2, 0.25) is 0 Å². The molecule has 10 nitrogen and oxygen atoms in total. The number of anilines is 5. The van der Waals surface area contributed by atoms with E-state index in [2.05, 4.69) is 30.6 Å². The number of thioether (sulfide) groups is 2. The van der Waals surface area contributed by atoms with E-state index in [1.807, 2.05) is 50.6 Å². The van der Waals surface area contributed by atoms with Crippen molar-refractivity contribution in [1.29, 1.82) is 0 Å². The maximum atomic E-state index is 11.0. The Balaban J connectivity index is 0.000000202. The molecular weight excluding hydrogens is 496 g/mol. The van der Waals surface area contributed by atoms with Crippen LogP contribution < -0.4 is 16.4 Å². The summed E-state index contributed by atoms with van der Waals surface area (Å²) in [5.41, 5.74) is 10.0. The average Bonchev–Trinajstić information content (AvgIpc) is 2.87. The zero-order valence-electron chi connectivity index (χ0n) is 20.2. The standard InChI is InChI=1S/C12H12N4O2S.C12H14N4S/c1-8-3-4-10(16(17)18)9(7-8)14-11-5-6-13-12(15-11)19-2;1-8-3-4-9(13)10(7-8)15-11-5-6-14-12(16-11)17-2/h3-7H,1-2H3,(H,13,14,15);3-7H,13H2,1-2H3,(H,14,15,16). The van der Waals surface area contributed by atoms with Crippen molar-refractivity contribution in [2.45, 2.75) is 24.2 Å². The van der Waals surface area contributed by atoms with Crippen LogP contribution in [0.5, 0.6) is 0 Å². The van der Waals surface area contributed by atoms with Gasteiger partial charge in [0.1, 0.15) is 17.3 Å². The number of hydrogen-bond acceptors (Lipinski definition) is 11. The van der Waals surface area contributed by atoms with E-state index >= 15 is 0 Å². The molecule has 0 amide bonds. The third kappa shape index (κ3) is 7.55. The number of nitro groups is 1. The highest BCUT2D eigenvalue weighted by Crippen LogP contribution is 2.28. The molecule has 0 atom stereocenters. The van der Waals surface area contributed by atoms with Crippen molar-refractivity contribution < 1.29 is 4.92 Å². The number of nitrogens with zero attached hydrogens (tertiary/aromatic N) is 5. The van der Waals surface area contributed by atoms with Gasteiger partial charge in [-0.05, 0) is 67.8 Å². The minimum atomic E-state index is -0.418. The molecule has 0 unspecified atom stereocenters. The monoisotopic (exact) mass is 522 g/mol. The Morgan fingerprint density at radius 1 is 0.806 bits per heavy atom. The van der Waals surface area contributed by atoms with E-state index in [-0.39, 0.29) is 5.69 Å². The van der Waals surface area contributed by atoms with E-state index in [4.69, 9.17) is 5.73 Å². The van der Waals surface area contributed by atoms with Gasteiger partial charge < -0.3 is 16.4 Å². The normalized spacial score (nSPS) is 10.2. The van der Waals surface area contributed by atoms with Crippen LogP contribution in [0.25, 0.3) is 0 Å². The van der Waals surface area contributed by atoms with Crippen LogP contribution in [-0.4, -0.2) is 37.4 Å². The van der Waals surface area contributed by atoms with Gasteiger partial charge in [-0.3, -0.25) is 10.1 Å². The zero-order chi connectivity index (χ0) is 26.1. The molecule has 4 aromatic rings. The summed E-state index contributed by atoms with van der Waals surface area (Å²) in [6.45, 7) is 3.90. The highest BCUT2D eigenvalue weighted by Gasteiger charge is 2.14. The van der Waals surface area contributed by atoms with Crippen molar-refractivity contribution in [3.05, 3.63) is 82.2 Å². The number of nitro benzene ring substituents is 1. The smallest absolute Gasteiger partial charge is 0.292 e. The quantitative estimate of drug-likeness (QED) is 0.0864. The summed E-state index contributed by atoms with van der Waals surface area (Å²) in [6, 6.07) is 14.3. The molecule has 0 spiro atoms. The van der Waals surface area contributed by atoms with E-state index in [1.54, 1.807) is 30.6 Å². The molecule has 0 bridgehead atoms. The first-order valence-electron chi connectivity index (χ1n) is 10.7. The molecule has 2 aromatic heterocycles. The summed E-state index contributed by atoms with van der Waals surface area (Å²) >= 11 is 2.92. The number of aromatic nitrogens is 4. The number of aryl methyl sites for hydroxylation is 2. The zero-order valence-corrected chi connectivity index (χ0v) is 21.9. The number of hydrogen-bond donors (Lipinski definition) is 3. The predicted octanol–water partition coefficient (Wildman–Crippen LogP) is 5.99. The summed E-state index contributed by atoms with van der Waals surface area (Å²) < 4.78 is 0. The first kappa shape index (κ1) is 26.7. The molecule has 0 aliphatic heterocycles. The van der Waals surface area contributed by atoms with Gasteiger partial charge in [0, 0.05) is 18.5 Å². The Morgan fingerprint density at radius 3 is 1.83 bits per heavy atom. The Kier molecular flexibility index (Phi) is 9.42. The highest BCUT2D eigenvalue weighted by atomic mass is 32.2. The molecule has 0 radical (unpaired) electrons. The minimum absolute atomic E-state index is 0.0231. The van der Waals surface area contributed by atoms with Gasteiger partial charge in [0.25, 0.3) is 5.69 Å². The van der Waals surface area contributed by atoms with Crippen molar-refractivity contribution in [1.82, 2.24) is 19.9 Å². The lowest BCUT2D eigenvalue weighted by atomic mass is 10.2. The lowest BCUT2D eigenvalue weighted by Crippen LogP contribution is -2.00. The van der Waals surface area contributed by atoms with Crippen LogP contribution in [0.4, 0.5) is 34.4 Å². The summed E-state index contributed by atoms with van der Waals surface area (Å²) in [6.07, 6.45) is 7.16. The van der Waals surface area contributed by atoms with Gasteiger partial charge in [-0.15, -0.1) is 0 Å². The molecule has 12 heteroatoms. The Hall–Kier alpha value is -3.90. The van der Waals surface area contributed by atoms with E-state index < -0.39 is 4.92 Å². The van der Waals surface area contributed by atoms with Crippen molar-refractivity contribution >= 4 is 57.9 Å². The van der Waals surface area contributed by atoms with Crippen LogP contribution in [0.2, 0.25) is 0 Å². The molecule has 4 rings (SSSR count). The predicted molar refractivity (Wildman–Crippen MR) is 148 cm³/mol. The fraction of sp³-hybridized carbons (Fsp3) is 0.167. The van der Waals surface area contributed by atoms with Crippen LogP contribution >= 0.6 is 23.5 Å². The molecule has 0 saturated heterocycles. The van der Waals surface area contributed by atoms with Gasteiger partial charge >= 0.3 is 0 Å². The fourth-order valence-corrected chi connectivity index (χ4v) is 3.69. The SMILES string of the molecule is CSc1nccc(Nc2cc(C)ccc2N)n1.CSc1nccc(Nc2cc(C)ccc2[N+](=O)[O-])n1. The molecule has 0 aliphatic carbocycles. The van der Waals surface area contributed by atoms with Crippen LogP contribution in [0.1, 0.15) is 11.1 Å². The third-order valence-electron chi connectivity index (χ3n) is 4.72. The van der Waals surface area contributed by atoms with Gasteiger partial charge in [0.15, 0.2) is 10.3 Å². The number of rotatable bonds is 7. The van der Waals surface area contributed by atoms with Gasteiger partial charge in [0.05, 0.1) is 16.3 Å². The number of benzene rings is 2. The number of nitrogens with one attached hydrogen (secondary N) is 2. The minimum Gasteiger partial charge on any atom is -0.397 e. The van der Waals surface area contributed by atoms with Gasteiger partial charge in [-0.2, -0.15) is 0 Å². The molecule has 186 valence electrons. The van der Waals surface area contributed by atoms with Crippen molar-refractivity contribution in [2.75, 3.05) is 28.9 Å². The molecule has 0 aliphatic rings. The molecular formula is C24H26N8O2S2. The fourth-order valence-electron chi connectivity index (χ4n) is 2.98. The second kappa shape index (κ2) is 12.7.